The van der Waals surface area contributed by atoms with Crippen molar-refractivity contribution in [2.45, 2.75) is 12.2 Å². The average molecular weight is 301 g/mol. The van der Waals surface area contributed by atoms with Crippen molar-refractivity contribution < 1.29 is 8.42 Å². The molecule has 0 aliphatic rings. The van der Waals surface area contributed by atoms with E-state index in [-0.39, 0.29) is 5.75 Å². The van der Waals surface area contributed by atoms with Crippen LogP contribution in [0.5, 0.6) is 0 Å². The molecule has 2 aromatic carbocycles. The third-order valence-corrected chi connectivity index (χ3v) is 4.47. The third-order valence-electron chi connectivity index (χ3n) is 3.09. The van der Waals surface area contributed by atoms with Gasteiger partial charge in [-0.25, -0.2) is 8.42 Å². The number of sulfone groups is 1. The normalized spacial score (nSPS) is 12.1. The zero-order valence-electron chi connectivity index (χ0n) is 12.0. The van der Waals surface area contributed by atoms with Crippen molar-refractivity contribution in [1.82, 2.24) is 5.32 Å². The first-order valence-electron chi connectivity index (χ1n) is 6.78. The largest absolute Gasteiger partial charge is 0.391 e. The molecule has 0 spiro atoms. The number of likely N-dealkylation sites (N-methyl/N-ethyl adjacent to an activating group) is 1. The molecule has 1 N–H and O–H groups in total. The van der Waals surface area contributed by atoms with Crippen molar-refractivity contribution in [3.05, 3.63) is 82.9 Å². The van der Waals surface area contributed by atoms with Crippen molar-refractivity contribution in [2.75, 3.05) is 7.05 Å². The van der Waals surface area contributed by atoms with Crippen LogP contribution in [-0.4, -0.2) is 15.5 Å². The summed E-state index contributed by atoms with van der Waals surface area (Å²) in [6, 6.07) is 19.0. The second kappa shape index (κ2) is 7.09. The number of hydrogen-bond donors (Lipinski definition) is 1. The molecule has 0 aliphatic heterocycles. The summed E-state index contributed by atoms with van der Waals surface area (Å²) in [4.78, 5) is 0. The van der Waals surface area contributed by atoms with E-state index in [1.54, 1.807) is 7.05 Å². The van der Waals surface area contributed by atoms with Gasteiger partial charge in [0.1, 0.15) is 0 Å². The van der Waals surface area contributed by atoms with E-state index in [1.807, 2.05) is 60.7 Å². The van der Waals surface area contributed by atoms with E-state index in [0.717, 1.165) is 11.1 Å². The van der Waals surface area contributed by atoms with Crippen LogP contribution in [0.4, 0.5) is 0 Å². The number of allylic oxidation sites excluding steroid dienone is 1. The SMILES string of the molecule is CN/C(=C/S(=O)(=O)Cc1ccccc1)Cc1ccccc1. The maximum absolute atomic E-state index is 12.2. The van der Waals surface area contributed by atoms with E-state index < -0.39 is 9.84 Å². The van der Waals surface area contributed by atoms with E-state index in [9.17, 15) is 8.42 Å². The van der Waals surface area contributed by atoms with Crippen LogP contribution in [-0.2, 0) is 22.0 Å². The van der Waals surface area contributed by atoms with Crippen LogP contribution in [0.3, 0.4) is 0 Å². The topological polar surface area (TPSA) is 46.2 Å². The van der Waals surface area contributed by atoms with Gasteiger partial charge >= 0.3 is 0 Å². The molecule has 0 unspecified atom stereocenters. The molecule has 0 aliphatic carbocycles. The van der Waals surface area contributed by atoms with Gasteiger partial charge in [0, 0.05) is 19.2 Å². The fourth-order valence-electron chi connectivity index (χ4n) is 2.07. The highest BCUT2D eigenvalue weighted by molar-refractivity contribution is 7.93. The van der Waals surface area contributed by atoms with Gasteiger partial charge in [0.25, 0.3) is 0 Å². The first kappa shape index (κ1) is 15.3. The first-order chi connectivity index (χ1) is 10.1. The van der Waals surface area contributed by atoms with Crippen molar-refractivity contribution in [3.63, 3.8) is 0 Å². The minimum absolute atomic E-state index is 0.0216. The maximum Gasteiger partial charge on any atom is 0.177 e. The van der Waals surface area contributed by atoms with Crippen LogP contribution in [0.1, 0.15) is 11.1 Å². The van der Waals surface area contributed by atoms with Crippen LogP contribution in [0.2, 0.25) is 0 Å². The molecule has 0 amide bonds. The average Bonchev–Trinajstić information content (AvgIpc) is 2.48. The summed E-state index contributed by atoms with van der Waals surface area (Å²) in [5.41, 5.74) is 2.56. The summed E-state index contributed by atoms with van der Waals surface area (Å²) in [6.07, 6.45) is 0.575. The van der Waals surface area contributed by atoms with Gasteiger partial charge in [0.2, 0.25) is 0 Å². The van der Waals surface area contributed by atoms with Crippen molar-refractivity contribution in [3.8, 4) is 0 Å². The third kappa shape index (κ3) is 5.08. The molecule has 3 nitrogen and oxygen atoms in total. The molecule has 2 rings (SSSR count). The molecular formula is C17H19NO2S. The minimum Gasteiger partial charge on any atom is -0.391 e. The summed E-state index contributed by atoms with van der Waals surface area (Å²) in [5.74, 6) is 0.0216. The molecule has 0 heterocycles. The Kier molecular flexibility index (Phi) is 5.17. The monoisotopic (exact) mass is 301 g/mol. The van der Waals surface area contributed by atoms with Gasteiger partial charge in [0.15, 0.2) is 9.84 Å². The van der Waals surface area contributed by atoms with E-state index in [0.29, 0.717) is 12.1 Å². The smallest absolute Gasteiger partial charge is 0.177 e. The number of benzene rings is 2. The zero-order valence-corrected chi connectivity index (χ0v) is 12.8. The molecule has 0 saturated heterocycles. The molecule has 110 valence electrons. The Labute approximate surface area is 126 Å². The lowest BCUT2D eigenvalue weighted by molar-refractivity contribution is 0.603. The fourth-order valence-corrected chi connectivity index (χ4v) is 3.44. The van der Waals surface area contributed by atoms with E-state index in [4.69, 9.17) is 0 Å². The van der Waals surface area contributed by atoms with Crippen molar-refractivity contribution in [1.29, 1.82) is 0 Å². The van der Waals surface area contributed by atoms with Crippen LogP contribution < -0.4 is 5.32 Å². The Morgan fingerprint density at radius 3 is 2.00 bits per heavy atom. The fraction of sp³-hybridized carbons (Fsp3) is 0.176. The summed E-state index contributed by atoms with van der Waals surface area (Å²) in [5, 5.41) is 4.31. The molecule has 4 heteroatoms. The lowest BCUT2D eigenvalue weighted by Crippen LogP contribution is -2.12. The number of hydrogen-bond acceptors (Lipinski definition) is 3. The summed E-state index contributed by atoms with van der Waals surface area (Å²) < 4.78 is 24.5. The molecular weight excluding hydrogens is 282 g/mol. The lowest BCUT2D eigenvalue weighted by atomic mass is 10.1. The Morgan fingerprint density at radius 2 is 1.48 bits per heavy atom. The molecule has 0 radical (unpaired) electrons. The number of rotatable bonds is 6. The molecule has 0 fully saturated rings. The Balaban J connectivity index is 2.14. The Morgan fingerprint density at radius 1 is 0.952 bits per heavy atom. The Bertz CT molecular complexity index is 692. The highest BCUT2D eigenvalue weighted by atomic mass is 32.2. The lowest BCUT2D eigenvalue weighted by Gasteiger charge is -2.08. The second-order valence-corrected chi connectivity index (χ2v) is 6.70. The highest BCUT2D eigenvalue weighted by Gasteiger charge is 2.10. The molecule has 0 saturated carbocycles. The standard InChI is InChI=1S/C17H19NO2S/c1-18-17(12-15-8-4-2-5-9-15)14-21(19,20)13-16-10-6-3-7-11-16/h2-11,14,18H,12-13H2,1H3/b17-14+. The van der Waals surface area contributed by atoms with E-state index >= 15 is 0 Å². The maximum atomic E-state index is 12.2. The van der Waals surface area contributed by atoms with Crippen LogP contribution in [0.25, 0.3) is 0 Å². The summed E-state index contributed by atoms with van der Waals surface area (Å²) in [7, 11) is -1.55. The van der Waals surface area contributed by atoms with E-state index in [1.165, 1.54) is 5.41 Å². The predicted molar refractivity (Wildman–Crippen MR) is 86.4 cm³/mol. The molecule has 0 aromatic heterocycles. The molecule has 0 atom stereocenters. The van der Waals surface area contributed by atoms with Crippen LogP contribution in [0.15, 0.2) is 71.8 Å². The van der Waals surface area contributed by atoms with Gasteiger partial charge in [-0.2, -0.15) is 0 Å². The van der Waals surface area contributed by atoms with Crippen LogP contribution in [0, 0.1) is 0 Å². The van der Waals surface area contributed by atoms with E-state index in [2.05, 4.69) is 5.32 Å². The van der Waals surface area contributed by atoms with Gasteiger partial charge in [-0.1, -0.05) is 60.7 Å². The second-order valence-electron chi connectivity index (χ2n) is 4.85. The quantitative estimate of drug-likeness (QED) is 0.892. The molecule has 0 bridgehead atoms. The molecule has 2 aromatic rings. The first-order valence-corrected chi connectivity index (χ1v) is 8.49. The Hall–Kier alpha value is -2.07. The van der Waals surface area contributed by atoms with Crippen molar-refractivity contribution >= 4 is 9.84 Å². The summed E-state index contributed by atoms with van der Waals surface area (Å²) >= 11 is 0. The minimum atomic E-state index is -3.29. The predicted octanol–water partition coefficient (Wildman–Crippen LogP) is 2.90. The zero-order chi connectivity index (χ0) is 15.1. The highest BCUT2D eigenvalue weighted by Crippen LogP contribution is 2.11. The van der Waals surface area contributed by atoms with Crippen molar-refractivity contribution in [2.24, 2.45) is 0 Å². The van der Waals surface area contributed by atoms with Gasteiger partial charge < -0.3 is 5.32 Å². The van der Waals surface area contributed by atoms with Crippen LogP contribution >= 0.6 is 0 Å². The van der Waals surface area contributed by atoms with Gasteiger partial charge in [-0.3, -0.25) is 0 Å². The molecule has 21 heavy (non-hydrogen) atoms. The summed E-state index contributed by atoms with van der Waals surface area (Å²) in [6.45, 7) is 0. The number of nitrogens with one attached hydrogen (secondary N) is 1. The van der Waals surface area contributed by atoms with Gasteiger partial charge in [0.05, 0.1) is 11.2 Å². The van der Waals surface area contributed by atoms with Gasteiger partial charge in [-0.05, 0) is 11.1 Å². The van der Waals surface area contributed by atoms with Gasteiger partial charge in [-0.15, -0.1) is 0 Å².